The predicted octanol–water partition coefficient (Wildman–Crippen LogP) is 2.43. The van der Waals surface area contributed by atoms with Crippen LogP contribution in [0.3, 0.4) is 0 Å². The van der Waals surface area contributed by atoms with Crippen LogP contribution in [0.1, 0.15) is 29.5 Å². The van der Waals surface area contributed by atoms with Crippen molar-refractivity contribution in [3.8, 4) is 0 Å². The van der Waals surface area contributed by atoms with Gasteiger partial charge in [0.25, 0.3) is 0 Å². The molecule has 1 aliphatic rings. The number of hydrogen-bond donors (Lipinski definition) is 1. The van der Waals surface area contributed by atoms with Crippen LogP contribution in [0.2, 0.25) is 0 Å². The molecule has 0 aromatic heterocycles. The number of halogens is 1. The van der Waals surface area contributed by atoms with E-state index in [1.807, 2.05) is 19.9 Å². The lowest BCUT2D eigenvalue weighted by atomic mass is 9.88. The Morgan fingerprint density at radius 1 is 1.36 bits per heavy atom. The van der Waals surface area contributed by atoms with Crippen molar-refractivity contribution >= 4 is 0 Å². The van der Waals surface area contributed by atoms with Gasteiger partial charge >= 0.3 is 0 Å². The van der Waals surface area contributed by atoms with Gasteiger partial charge in [-0.15, -0.1) is 0 Å². The fraction of sp³-hybridized carbons (Fsp3) is 0.500. The van der Waals surface area contributed by atoms with Gasteiger partial charge in [0.1, 0.15) is 5.82 Å². The summed E-state index contributed by atoms with van der Waals surface area (Å²) in [4.78, 5) is 0. The van der Waals surface area contributed by atoms with Crippen LogP contribution in [0.5, 0.6) is 0 Å². The average Bonchev–Trinajstić information content (AvgIpc) is 2.93. The molecule has 0 saturated heterocycles. The van der Waals surface area contributed by atoms with E-state index in [4.69, 9.17) is 5.73 Å². The molecule has 0 bridgehead atoms. The van der Waals surface area contributed by atoms with Crippen LogP contribution >= 0.6 is 0 Å². The lowest BCUT2D eigenvalue weighted by Crippen LogP contribution is -2.22. The second-order valence-corrected chi connectivity index (χ2v) is 4.35. The standard InChI is InChI=1S/C12H16FN/c1-8-3-4-10(13)9(2)11(8)12(7-14)5-6-12/h3-4H,5-7,14H2,1-2H3. The second-order valence-electron chi connectivity index (χ2n) is 4.35. The van der Waals surface area contributed by atoms with Crippen molar-refractivity contribution in [2.75, 3.05) is 6.54 Å². The molecule has 14 heavy (non-hydrogen) atoms. The monoisotopic (exact) mass is 193 g/mol. The van der Waals surface area contributed by atoms with E-state index in [-0.39, 0.29) is 11.2 Å². The van der Waals surface area contributed by atoms with Gasteiger partial charge in [-0.05, 0) is 49.4 Å². The SMILES string of the molecule is Cc1ccc(F)c(C)c1C1(CN)CC1. The molecule has 1 aromatic carbocycles. The first-order valence-electron chi connectivity index (χ1n) is 5.07. The molecule has 1 aromatic rings. The predicted molar refractivity (Wildman–Crippen MR) is 55.8 cm³/mol. The Kier molecular flexibility index (Phi) is 2.11. The highest BCUT2D eigenvalue weighted by Crippen LogP contribution is 2.49. The number of nitrogens with two attached hydrogens (primary N) is 1. The maximum absolute atomic E-state index is 13.4. The number of aryl methyl sites for hydroxylation is 1. The van der Waals surface area contributed by atoms with Crippen LogP contribution in [-0.2, 0) is 5.41 Å². The molecule has 1 nitrogen and oxygen atoms in total. The zero-order chi connectivity index (χ0) is 10.3. The molecule has 2 N–H and O–H groups in total. The van der Waals surface area contributed by atoms with Gasteiger partial charge in [-0.2, -0.15) is 0 Å². The van der Waals surface area contributed by atoms with Gasteiger partial charge in [0.15, 0.2) is 0 Å². The van der Waals surface area contributed by atoms with Crippen LogP contribution in [0.15, 0.2) is 12.1 Å². The van der Waals surface area contributed by atoms with Crippen molar-refractivity contribution < 1.29 is 4.39 Å². The molecule has 1 fully saturated rings. The lowest BCUT2D eigenvalue weighted by Gasteiger charge is -2.19. The van der Waals surface area contributed by atoms with Crippen LogP contribution < -0.4 is 5.73 Å². The van der Waals surface area contributed by atoms with Gasteiger partial charge in [0.2, 0.25) is 0 Å². The highest BCUT2D eigenvalue weighted by molar-refractivity contribution is 5.44. The minimum Gasteiger partial charge on any atom is -0.330 e. The number of benzene rings is 1. The number of rotatable bonds is 2. The first kappa shape index (κ1) is 9.66. The van der Waals surface area contributed by atoms with Gasteiger partial charge in [-0.1, -0.05) is 6.07 Å². The Morgan fingerprint density at radius 3 is 2.50 bits per heavy atom. The first-order valence-corrected chi connectivity index (χ1v) is 5.07. The molecule has 0 unspecified atom stereocenters. The Bertz CT molecular complexity index is 367. The van der Waals surface area contributed by atoms with Crippen molar-refractivity contribution in [3.05, 3.63) is 34.6 Å². The Balaban J connectivity index is 2.57. The smallest absolute Gasteiger partial charge is 0.126 e. The lowest BCUT2D eigenvalue weighted by molar-refractivity contribution is 0.602. The maximum Gasteiger partial charge on any atom is 0.126 e. The normalized spacial score (nSPS) is 18.3. The summed E-state index contributed by atoms with van der Waals surface area (Å²) in [6.45, 7) is 4.53. The molecule has 1 aliphatic carbocycles. The van der Waals surface area contributed by atoms with Crippen LogP contribution in [-0.4, -0.2) is 6.54 Å². The molecule has 0 amide bonds. The average molecular weight is 193 g/mol. The van der Waals surface area contributed by atoms with Gasteiger partial charge in [0, 0.05) is 12.0 Å². The quantitative estimate of drug-likeness (QED) is 0.767. The van der Waals surface area contributed by atoms with Crippen molar-refractivity contribution in [1.29, 1.82) is 0 Å². The summed E-state index contributed by atoms with van der Waals surface area (Å²) in [7, 11) is 0. The van der Waals surface area contributed by atoms with E-state index in [0.29, 0.717) is 6.54 Å². The molecule has 0 aliphatic heterocycles. The Morgan fingerprint density at radius 2 is 2.00 bits per heavy atom. The number of hydrogen-bond acceptors (Lipinski definition) is 1. The van der Waals surface area contributed by atoms with Crippen molar-refractivity contribution in [1.82, 2.24) is 0 Å². The molecule has 0 heterocycles. The van der Waals surface area contributed by atoms with Gasteiger partial charge < -0.3 is 5.73 Å². The second kappa shape index (κ2) is 3.06. The third kappa shape index (κ3) is 1.25. The molecule has 2 heteroatoms. The summed E-state index contributed by atoms with van der Waals surface area (Å²) in [5.41, 5.74) is 8.97. The zero-order valence-corrected chi connectivity index (χ0v) is 8.73. The molecular weight excluding hydrogens is 177 g/mol. The summed E-state index contributed by atoms with van der Waals surface area (Å²) in [5, 5.41) is 0. The van der Waals surface area contributed by atoms with E-state index in [1.54, 1.807) is 6.07 Å². The molecule has 0 spiro atoms. The zero-order valence-electron chi connectivity index (χ0n) is 8.73. The summed E-state index contributed by atoms with van der Waals surface area (Å²) in [6, 6.07) is 3.40. The maximum atomic E-state index is 13.4. The minimum absolute atomic E-state index is 0.0935. The molecule has 2 rings (SSSR count). The summed E-state index contributed by atoms with van der Waals surface area (Å²) < 4.78 is 13.4. The van der Waals surface area contributed by atoms with E-state index in [2.05, 4.69) is 0 Å². The van der Waals surface area contributed by atoms with Crippen LogP contribution in [0, 0.1) is 19.7 Å². The summed E-state index contributed by atoms with van der Waals surface area (Å²) in [5.74, 6) is -0.106. The van der Waals surface area contributed by atoms with E-state index in [9.17, 15) is 4.39 Å². The molecule has 76 valence electrons. The topological polar surface area (TPSA) is 26.0 Å². The van der Waals surface area contributed by atoms with Crippen molar-refractivity contribution in [3.63, 3.8) is 0 Å². The van der Waals surface area contributed by atoms with Gasteiger partial charge in [-0.25, -0.2) is 4.39 Å². The van der Waals surface area contributed by atoms with Crippen molar-refractivity contribution in [2.45, 2.75) is 32.1 Å². The fourth-order valence-electron chi connectivity index (χ4n) is 2.34. The first-order chi connectivity index (χ1) is 6.60. The van der Waals surface area contributed by atoms with Crippen LogP contribution in [0.25, 0.3) is 0 Å². The van der Waals surface area contributed by atoms with E-state index in [0.717, 1.165) is 24.0 Å². The summed E-state index contributed by atoms with van der Waals surface area (Å²) in [6.07, 6.45) is 2.21. The fourth-order valence-corrected chi connectivity index (χ4v) is 2.34. The Labute approximate surface area is 84.1 Å². The van der Waals surface area contributed by atoms with Gasteiger partial charge in [-0.3, -0.25) is 0 Å². The van der Waals surface area contributed by atoms with Crippen LogP contribution in [0.4, 0.5) is 4.39 Å². The minimum atomic E-state index is -0.106. The molecule has 0 radical (unpaired) electrons. The third-order valence-corrected chi connectivity index (χ3v) is 3.38. The third-order valence-electron chi connectivity index (χ3n) is 3.38. The van der Waals surface area contributed by atoms with Gasteiger partial charge in [0.05, 0.1) is 0 Å². The van der Waals surface area contributed by atoms with Crippen molar-refractivity contribution in [2.24, 2.45) is 5.73 Å². The molecule has 1 saturated carbocycles. The highest BCUT2D eigenvalue weighted by Gasteiger charge is 2.45. The van der Waals surface area contributed by atoms with E-state index in [1.165, 1.54) is 5.56 Å². The highest BCUT2D eigenvalue weighted by atomic mass is 19.1. The molecular formula is C12H16FN. The van der Waals surface area contributed by atoms with E-state index < -0.39 is 0 Å². The van der Waals surface area contributed by atoms with E-state index >= 15 is 0 Å². The Hall–Kier alpha value is -0.890. The summed E-state index contributed by atoms with van der Waals surface area (Å²) >= 11 is 0. The largest absolute Gasteiger partial charge is 0.330 e. The molecule has 0 atom stereocenters.